The second-order valence-electron chi connectivity index (χ2n) is 5.37. The first-order chi connectivity index (χ1) is 10.1. The van der Waals surface area contributed by atoms with Crippen molar-refractivity contribution in [2.45, 2.75) is 26.4 Å². The smallest absolute Gasteiger partial charge is 0.243 e. The molecule has 1 aliphatic rings. The maximum absolute atomic E-state index is 5.98. The third kappa shape index (κ3) is 3.63. The normalized spacial score (nSPS) is 19.0. The molecular formula is C14H19ClN4OS. The summed E-state index contributed by atoms with van der Waals surface area (Å²) < 4.78 is 6.14. The summed E-state index contributed by atoms with van der Waals surface area (Å²) >= 11 is 7.65. The zero-order chi connectivity index (χ0) is 14.8. The Hall–Kier alpha value is -0.950. The molecule has 3 heterocycles. The van der Waals surface area contributed by atoms with E-state index >= 15 is 0 Å². The highest BCUT2D eigenvalue weighted by Gasteiger charge is 2.25. The lowest BCUT2D eigenvalue weighted by Gasteiger charge is -2.36. The predicted octanol–water partition coefficient (Wildman–Crippen LogP) is 2.97. The van der Waals surface area contributed by atoms with Crippen LogP contribution < -0.4 is 0 Å². The number of rotatable bonds is 4. The van der Waals surface area contributed by atoms with Crippen LogP contribution in [0.2, 0.25) is 4.34 Å². The lowest BCUT2D eigenvalue weighted by Crippen LogP contribution is -2.46. The average molecular weight is 327 g/mol. The van der Waals surface area contributed by atoms with Gasteiger partial charge in [-0.3, -0.25) is 9.80 Å². The summed E-state index contributed by atoms with van der Waals surface area (Å²) in [5.74, 6) is 1.41. The first kappa shape index (κ1) is 15.0. The van der Waals surface area contributed by atoms with Crippen LogP contribution in [0.4, 0.5) is 0 Å². The van der Waals surface area contributed by atoms with Gasteiger partial charge in [-0.05, 0) is 26.0 Å². The molecule has 21 heavy (non-hydrogen) atoms. The van der Waals surface area contributed by atoms with Crippen molar-refractivity contribution in [3.05, 3.63) is 33.1 Å². The Labute approximate surface area is 133 Å². The molecule has 0 unspecified atom stereocenters. The highest BCUT2D eigenvalue weighted by atomic mass is 35.5. The van der Waals surface area contributed by atoms with Crippen molar-refractivity contribution in [3.8, 4) is 0 Å². The molecule has 0 N–H and O–H groups in total. The van der Waals surface area contributed by atoms with Crippen molar-refractivity contribution in [2.75, 3.05) is 26.2 Å². The molecule has 0 aromatic carbocycles. The van der Waals surface area contributed by atoms with Crippen molar-refractivity contribution in [2.24, 2.45) is 0 Å². The van der Waals surface area contributed by atoms with Crippen LogP contribution in [0.1, 0.15) is 29.6 Å². The van der Waals surface area contributed by atoms with Crippen LogP contribution in [0.25, 0.3) is 0 Å². The number of nitrogens with zero attached hydrogens (tertiary/aromatic N) is 4. The van der Waals surface area contributed by atoms with Gasteiger partial charge >= 0.3 is 0 Å². The molecule has 1 aliphatic heterocycles. The van der Waals surface area contributed by atoms with Crippen molar-refractivity contribution < 1.29 is 4.52 Å². The average Bonchev–Trinajstić information content (AvgIpc) is 3.08. The van der Waals surface area contributed by atoms with Crippen LogP contribution in [0, 0.1) is 6.92 Å². The molecular weight excluding hydrogens is 308 g/mol. The van der Waals surface area contributed by atoms with Gasteiger partial charge in [-0.1, -0.05) is 16.8 Å². The highest BCUT2D eigenvalue weighted by Crippen LogP contribution is 2.24. The molecule has 0 saturated carbocycles. The molecule has 7 heteroatoms. The predicted molar refractivity (Wildman–Crippen MR) is 83.6 cm³/mol. The van der Waals surface area contributed by atoms with E-state index in [0.717, 1.165) is 37.1 Å². The number of halogens is 1. The number of aromatic nitrogens is 2. The van der Waals surface area contributed by atoms with E-state index in [1.165, 1.54) is 4.88 Å². The van der Waals surface area contributed by atoms with Gasteiger partial charge in [0.25, 0.3) is 0 Å². The van der Waals surface area contributed by atoms with Crippen molar-refractivity contribution in [1.82, 2.24) is 19.9 Å². The second-order valence-corrected chi connectivity index (χ2v) is 7.17. The molecule has 2 aromatic heterocycles. The standard InChI is InChI=1S/C14H19ClN4OS/c1-10(14-16-11(2)17-20-14)19-7-5-18(6-8-19)9-12-3-4-13(15)21-12/h3-4,10H,5-9H2,1-2H3/t10-/m0/s1. The summed E-state index contributed by atoms with van der Waals surface area (Å²) in [7, 11) is 0. The monoisotopic (exact) mass is 326 g/mol. The van der Waals surface area contributed by atoms with Gasteiger partial charge in [-0.2, -0.15) is 4.98 Å². The molecule has 2 aromatic rings. The molecule has 1 saturated heterocycles. The fraction of sp³-hybridized carbons (Fsp3) is 0.571. The molecule has 0 spiro atoms. The van der Waals surface area contributed by atoms with E-state index in [-0.39, 0.29) is 6.04 Å². The lowest BCUT2D eigenvalue weighted by molar-refractivity contribution is 0.0850. The molecule has 1 atom stereocenters. The SMILES string of the molecule is Cc1noc([C@H](C)N2CCN(Cc3ccc(Cl)s3)CC2)n1. The minimum atomic E-state index is 0.185. The number of hydrogen-bond acceptors (Lipinski definition) is 6. The zero-order valence-corrected chi connectivity index (χ0v) is 13.8. The maximum Gasteiger partial charge on any atom is 0.243 e. The fourth-order valence-corrected chi connectivity index (χ4v) is 3.73. The summed E-state index contributed by atoms with van der Waals surface area (Å²) in [4.78, 5) is 10.5. The zero-order valence-electron chi connectivity index (χ0n) is 12.3. The molecule has 0 amide bonds. The van der Waals surface area contributed by atoms with Crippen LogP contribution in [0.5, 0.6) is 0 Å². The van der Waals surface area contributed by atoms with Crippen molar-refractivity contribution >= 4 is 22.9 Å². The van der Waals surface area contributed by atoms with Gasteiger partial charge in [0.15, 0.2) is 5.82 Å². The summed E-state index contributed by atoms with van der Waals surface area (Å²) in [6, 6.07) is 4.27. The van der Waals surface area contributed by atoms with Gasteiger partial charge in [0, 0.05) is 37.6 Å². The van der Waals surface area contributed by atoms with Gasteiger partial charge in [-0.15, -0.1) is 11.3 Å². The molecule has 114 valence electrons. The van der Waals surface area contributed by atoms with Gasteiger partial charge in [0.05, 0.1) is 10.4 Å². The van der Waals surface area contributed by atoms with E-state index in [2.05, 4.69) is 32.9 Å². The maximum atomic E-state index is 5.98. The minimum Gasteiger partial charge on any atom is -0.338 e. The third-order valence-corrected chi connectivity index (χ3v) is 5.08. The molecule has 5 nitrogen and oxygen atoms in total. The van der Waals surface area contributed by atoms with E-state index in [0.29, 0.717) is 11.7 Å². The summed E-state index contributed by atoms with van der Waals surface area (Å²) in [6.07, 6.45) is 0. The van der Waals surface area contributed by atoms with E-state index in [9.17, 15) is 0 Å². The topological polar surface area (TPSA) is 45.4 Å². The van der Waals surface area contributed by atoms with Gasteiger partial charge in [-0.25, -0.2) is 0 Å². The first-order valence-electron chi connectivity index (χ1n) is 7.12. The summed E-state index contributed by atoms with van der Waals surface area (Å²) in [5.41, 5.74) is 0. The Morgan fingerprint density at radius 3 is 2.67 bits per heavy atom. The van der Waals surface area contributed by atoms with Gasteiger partial charge in [0.1, 0.15) is 0 Å². The van der Waals surface area contributed by atoms with Crippen molar-refractivity contribution in [1.29, 1.82) is 0 Å². The Morgan fingerprint density at radius 2 is 2.10 bits per heavy atom. The number of piperazine rings is 1. The number of aryl methyl sites for hydroxylation is 1. The Balaban J connectivity index is 1.52. The van der Waals surface area contributed by atoms with E-state index < -0.39 is 0 Å². The third-order valence-electron chi connectivity index (χ3n) is 3.86. The van der Waals surface area contributed by atoms with E-state index in [1.807, 2.05) is 13.0 Å². The van der Waals surface area contributed by atoms with Crippen LogP contribution in [0.15, 0.2) is 16.7 Å². The van der Waals surface area contributed by atoms with Crippen LogP contribution >= 0.6 is 22.9 Å². The Kier molecular flexibility index (Phi) is 4.59. The van der Waals surface area contributed by atoms with Gasteiger partial charge < -0.3 is 4.52 Å². The van der Waals surface area contributed by atoms with Crippen LogP contribution in [0.3, 0.4) is 0 Å². The summed E-state index contributed by atoms with van der Waals surface area (Å²) in [6.45, 7) is 9.09. The Morgan fingerprint density at radius 1 is 1.33 bits per heavy atom. The molecule has 1 fully saturated rings. The van der Waals surface area contributed by atoms with Crippen LogP contribution in [-0.4, -0.2) is 46.1 Å². The second kappa shape index (κ2) is 6.44. The Bertz CT molecular complexity index is 591. The largest absolute Gasteiger partial charge is 0.338 e. The lowest BCUT2D eigenvalue weighted by atomic mass is 10.2. The number of hydrogen-bond donors (Lipinski definition) is 0. The van der Waals surface area contributed by atoms with Gasteiger partial charge in [0.2, 0.25) is 5.89 Å². The first-order valence-corrected chi connectivity index (χ1v) is 8.32. The van der Waals surface area contributed by atoms with E-state index in [4.69, 9.17) is 16.1 Å². The fourth-order valence-electron chi connectivity index (χ4n) is 2.60. The molecule has 3 rings (SSSR count). The molecule has 0 radical (unpaired) electrons. The minimum absolute atomic E-state index is 0.185. The highest BCUT2D eigenvalue weighted by molar-refractivity contribution is 7.16. The molecule has 0 bridgehead atoms. The van der Waals surface area contributed by atoms with Crippen molar-refractivity contribution in [3.63, 3.8) is 0 Å². The summed E-state index contributed by atoms with van der Waals surface area (Å²) in [5, 5.41) is 3.87. The van der Waals surface area contributed by atoms with E-state index in [1.54, 1.807) is 11.3 Å². The van der Waals surface area contributed by atoms with Crippen LogP contribution in [-0.2, 0) is 6.54 Å². The molecule has 0 aliphatic carbocycles. The quantitative estimate of drug-likeness (QED) is 0.864. The number of thiophene rings is 1.